The molecule has 1 saturated heterocycles. The van der Waals surface area contributed by atoms with Crippen LogP contribution in [0, 0.1) is 10.1 Å². The number of primary amides is 1. The lowest BCUT2D eigenvalue weighted by molar-refractivity contribution is -0.384. The minimum Gasteiger partial charge on any atom is -0.369 e. The number of halogens is 1. The molecular formula is C20H22ClN5O4. The van der Waals surface area contributed by atoms with Gasteiger partial charge in [0, 0.05) is 49.6 Å². The molecule has 2 aromatic rings. The van der Waals surface area contributed by atoms with Crippen molar-refractivity contribution in [2.75, 3.05) is 36.4 Å². The second kappa shape index (κ2) is 9.10. The van der Waals surface area contributed by atoms with Gasteiger partial charge >= 0.3 is 0 Å². The average Bonchev–Trinajstić information content (AvgIpc) is 2.74. The first kappa shape index (κ1) is 21.5. The van der Waals surface area contributed by atoms with E-state index in [1.165, 1.54) is 18.2 Å². The normalized spacial score (nSPS) is 15.5. The summed E-state index contributed by atoms with van der Waals surface area (Å²) in [4.78, 5) is 38.3. The first-order valence-corrected chi connectivity index (χ1v) is 9.77. The zero-order valence-electron chi connectivity index (χ0n) is 16.4. The third kappa shape index (κ3) is 4.87. The second-order valence-corrected chi connectivity index (χ2v) is 7.43. The summed E-state index contributed by atoms with van der Waals surface area (Å²) in [6, 6.07) is 10.7. The molecule has 2 amide bonds. The van der Waals surface area contributed by atoms with Crippen molar-refractivity contribution in [1.29, 1.82) is 0 Å². The standard InChI is InChI=1S/C20H22ClN5O4/c1-13(20(28)23-18-7-6-16(26(29)30)12-17(18)21)24-8-10-25(11-9-24)15-4-2-14(3-5-15)19(22)27/h2-7,12-13H,8-11H2,1H3,(H2,22,27)(H,23,28). The number of carbonyl (C=O) groups is 2. The van der Waals surface area contributed by atoms with Crippen LogP contribution < -0.4 is 16.0 Å². The van der Waals surface area contributed by atoms with Crippen LogP contribution in [0.2, 0.25) is 5.02 Å². The lowest BCUT2D eigenvalue weighted by atomic mass is 10.1. The molecule has 2 aromatic carbocycles. The highest BCUT2D eigenvalue weighted by molar-refractivity contribution is 6.34. The number of nitro benzene ring substituents is 1. The summed E-state index contributed by atoms with van der Waals surface area (Å²) >= 11 is 6.06. The van der Waals surface area contributed by atoms with E-state index in [4.69, 9.17) is 17.3 Å². The number of rotatable bonds is 6. The van der Waals surface area contributed by atoms with Gasteiger partial charge in [0.2, 0.25) is 11.8 Å². The van der Waals surface area contributed by atoms with Gasteiger partial charge in [-0.05, 0) is 37.3 Å². The van der Waals surface area contributed by atoms with Gasteiger partial charge in [0.25, 0.3) is 5.69 Å². The summed E-state index contributed by atoms with van der Waals surface area (Å²) in [5.74, 6) is -0.690. The number of hydrogen-bond donors (Lipinski definition) is 2. The van der Waals surface area contributed by atoms with Crippen molar-refractivity contribution in [2.24, 2.45) is 5.73 Å². The summed E-state index contributed by atoms with van der Waals surface area (Å²) in [6.07, 6.45) is 0. The molecule has 10 heteroatoms. The van der Waals surface area contributed by atoms with E-state index in [2.05, 4.69) is 15.1 Å². The number of piperazine rings is 1. The van der Waals surface area contributed by atoms with Gasteiger partial charge < -0.3 is 16.0 Å². The average molecular weight is 432 g/mol. The van der Waals surface area contributed by atoms with Crippen LogP contribution in [0.5, 0.6) is 0 Å². The molecule has 1 unspecified atom stereocenters. The van der Waals surface area contributed by atoms with E-state index in [0.29, 0.717) is 24.3 Å². The number of non-ortho nitro benzene ring substituents is 1. The molecule has 158 valence electrons. The number of carbonyl (C=O) groups excluding carboxylic acids is 2. The highest BCUT2D eigenvalue weighted by atomic mass is 35.5. The van der Waals surface area contributed by atoms with Crippen LogP contribution in [0.25, 0.3) is 0 Å². The summed E-state index contributed by atoms with van der Waals surface area (Å²) in [5.41, 5.74) is 6.94. The van der Waals surface area contributed by atoms with E-state index in [0.717, 1.165) is 18.8 Å². The monoisotopic (exact) mass is 431 g/mol. The van der Waals surface area contributed by atoms with Crippen molar-refractivity contribution in [2.45, 2.75) is 13.0 Å². The van der Waals surface area contributed by atoms with Crippen LogP contribution in [0.4, 0.5) is 17.1 Å². The maximum absolute atomic E-state index is 12.6. The van der Waals surface area contributed by atoms with Crippen LogP contribution >= 0.6 is 11.6 Å². The number of nitrogens with one attached hydrogen (secondary N) is 1. The molecule has 9 nitrogen and oxygen atoms in total. The number of nitrogens with two attached hydrogens (primary N) is 1. The molecule has 1 aliphatic rings. The van der Waals surface area contributed by atoms with Crippen LogP contribution in [0.3, 0.4) is 0 Å². The van der Waals surface area contributed by atoms with Crippen LogP contribution in [-0.4, -0.2) is 53.9 Å². The molecule has 1 atom stereocenters. The second-order valence-electron chi connectivity index (χ2n) is 7.02. The highest BCUT2D eigenvalue weighted by Gasteiger charge is 2.26. The van der Waals surface area contributed by atoms with E-state index in [1.807, 2.05) is 19.1 Å². The fraction of sp³-hybridized carbons (Fsp3) is 0.300. The van der Waals surface area contributed by atoms with Gasteiger partial charge in [0.1, 0.15) is 0 Å². The molecule has 1 fully saturated rings. The SMILES string of the molecule is CC(C(=O)Nc1ccc([N+](=O)[O-])cc1Cl)N1CCN(c2ccc(C(N)=O)cc2)CC1. The summed E-state index contributed by atoms with van der Waals surface area (Å²) in [7, 11) is 0. The lowest BCUT2D eigenvalue weighted by Gasteiger charge is -2.38. The molecule has 0 aliphatic carbocycles. The zero-order chi connectivity index (χ0) is 21.8. The van der Waals surface area contributed by atoms with Gasteiger partial charge in [-0.2, -0.15) is 0 Å². The summed E-state index contributed by atoms with van der Waals surface area (Å²) in [6.45, 7) is 4.63. The van der Waals surface area contributed by atoms with Crippen molar-refractivity contribution >= 4 is 40.5 Å². The molecule has 30 heavy (non-hydrogen) atoms. The summed E-state index contributed by atoms with van der Waals surface area (Å²) in [5, 5.41) is 13.7. The number of nitrogens with zero attached hydrogens (tertiary/aromatic N) is 3. The number of hydrogen-bond acceptors (Lipinski definition) is 6. The number of anilines is 2. The van der Waals surface area contributed by atoms with Crippen molar-refractivity contribution in [3.8, 4) is 0 Å². The van der Waals surface area contributed by atoms with Gasteiger partial charge in [-0.3, -0.25) is 24.6 Å². The minimum absolute atomic E-state index is 0.119. The van der Waals surface area contributed by atoms with Gasteiger partial charge in [0.15, 0.2) is 0 Å². The van der Waals surface area contributed by atoms with E-state index in [9.17, 15) is 19.7 Å². The van der Waals surface area contributed by atoms with Crippen LogP contribution in [0.15, 0.2) is 42.5 Å². The van der Waals surface area contributed by atoms with Crippen LogP contribution in [0.1, 0.15) is 17.3 Å². The molecule has 1 heterocycles. The smallest absolute Gasteiger partial charge is 0.271 e. The molecular weight excluding hydrogens is 410 g/mol. The first-order valence-electron chi connectivity index (χ1n) is 9.40. The van der Waals surface area contributed by atoms with Crippen LogP contribution in [-0.2, 0) is 4.79 Å². The van der Waals surface area contributed by atoms with Gasteiger partial charge in [0.05, 0.1) is 21.7 Å². The zero-order valence-corrected chi connectivity index (χ0v) is 17.1. The highest BCUT2D eigenvalue weighted by Crippen LogP contribution is 2.27. The topological polar surface area (TPSA) is 122 Å². The molecule has 0 bridgehead atoms. The molecule has 0 aromatic heterocycles. The third-order valence-electron chi connectivity index (χ3n) is 5.18. The predicted octanol–water partition coefficient (Wildman–Crippen LogP) is 2.50. The van der Waals surface area contributed by atoms with Crippen molar-refractivity contribution < 1.29 is 14.5 Å². The number of amides is 2. The van der Waals surface area contributed by atoms with Gasteiger partial charge in [-0.25, -0.2) is 0 Å². The minimum atomic E-state index is -0.541. The maximum Gasteiger partial charge on any atom is 0.271 e. The van der Waals surface area contributed by atoms with E-state index in [1.54, 1.807) is 12.1 Å². The molecule has 3 rings (SSSR count). The fourth-order valence-electron chi connectivity index (χ4n) is 3.33. The van der Waals surface area contributed by atoms with Crippen molar-refractivity contribution in [1.82, 2.24) is 4.90 Å². The molecule has 0 spiro atoms. The number of nitro groups is 1. The number of benzene rings is 2. The van der Waals surface area contributed by atoms with E-state index >= 15 is 0 Å². The fourth-order valence-corrected chi connectivity index (χ4v) is 3.55. The molecule has 0 radical (unpaired) electrons. The quantitative estimate of drug-likeness (QED) is 0.535. The Morgan fingerprint density at radius 2 is 1.77 bits per heavy atom. The van der Waals surface area contributed by atoms with Crippen molar-refractivity contribution in [3.63, 3.8) is 0 Å². The van der Waals surface area contributed by atoms with Gasteiger partial charge in [-0.1, -0.05) is 11.6 Å². The van der Waals surface area contributed by atoms with Crippen molar-refractivity contribution in [3.05, 3.63) is 63.2 Å². The Hall–Kier alpha value is -3.17. The molecule has 3 N–H and O–H groups in total. The Kier molecular flexibility index (Phi) is 6.53. The Balaban J connectivity index is 1.56. The van der Waals surface area contributed by atoms with E-state index < -0.39 is 16.9 Å². The van der Waals surface area contributed by atoms with E-state index in [-0.39, 0.29) is 16.6 Å². The summed E-state index contributed by atoms with van der Waals surface area (Å²) < 4.78 is 0. The largest absolute Gasteiger partial charge is 0.369 e. The van der Waals surface area contributed by atoms with Gasteiger partial charge in [-0.15, -0.1) is 0 Å². The third-order valence-corrected chi connectivity index (χ3v) is 5.49. The Morgan fingerprint density at radius 3 is 2.30 bits per heavy atom. The Morgan fingerprint density at radius 1 is 1.13 bits per heavy atom. The first-order chi connectivity index (χ1) is 14.3. The predicted molar refractivity (Wildman–Crippen MR) is 115 cm³/mol. The lowest BCUT2D eigenvalue weighted by Crippen LogP contribution is -2.52. The maximum atomic E-state index is 12.6. The Labute approximate surface area is 178 Å². The Bertz CT molecular complexity index is 958. The molecule has 1 aliphatic heterocycles. The molecule has 0 saturated carbocycles.